The Labute approximate surface area is 180 Å². The van der Waals surface area contributed by atoms with Crippen LogP contribution in [0.5, 0.6) is 0 Å². The Morgan fingerprint density at radius 1 is 1.07 bits per heavy atom. The predicted molar refractivity (Wildman–Crippen MR) is 120 cm³/mol. The van der Waals surface area contributed by atoms with Crippen LogP contribution in [0, 0.1) is 6.92 Å². The van der Waals surface area contributed by atoms with Crippen LogP contribution in [0.3, 0.4) is 0 Å². The summed E-state index contributed by atoms with van der Waals surface area (Å²) in [6.07, 6.45) is 5.34. The molecule has 0 bridgehead atoms. The molecule has 2 N–H and O–H groups in total. The van der Waals surface area contributed by atoms with Crippen molar-refractivity contribution in [2.75, 3.05) is 10.7 Å². The molecule has 3 aromatic rings. The Morgan fingerprint density at radius 2 is 1.80 bits per heavy atom. The third kappa shape index (κ3) is 3.37. The highest BCUT2D eigenvalue weighted by Gasteiger charge is 2.49. The van der Waals surface area contributed by atoms with Crippen molar-refractivity contribution in [3.05, 3.63) is 60.2 Å². The number of thioether (sulfide) groups is 1. The summed E-state index contributed by atoms with van der Waals surface area (Å²) in [7, 11) is 0. The number of hydrogen-bond donors (Lipinski definition) is 2. The molecule has 2 aliphatic rings. The van der Waals surface area contributed by atoms with E-state index in [9.17, 15) is 4.79 Å². The summed E-state index contributed by atoms with van der Waals surface area (Å²) in [5, 5.41) is 12.5. The minimum absolute atomic E-state index is 0.0270. The SMILES string of the molecule is Cc1ccccc1NC(=O)[C@H]1Sc2nnc(-c3ccccc3)n2NC12CCCCC2. The highest BCUT2D eigenvalue weighted by Crippen LogP contribution is 2.44. The lowest BCUT2D eigenvalue weighted by Gasteiger charge is -2.46. The molecule has 1 spiro atoms. The number of amides is 1. The van der Waals surface area contributed by atoms with Crippen molar-refractivity contribution < 1.29 is 4.79 Å². The zero-order valence-corrected chi connectivity index (χ0v) is 17.8. The van der Waals surface area contributed by atoms with Crippen molar-refractivity contribution >= 4 is 23.4 Å². The fraction of sp³-hybridized carbons (Fsp3) is 0.348. The van der Waals surface area contributed by atoms with Gasteiger partial charge in [0.15, 0.2) is 5.82 Å². The standard InChI is InChI=1S/C23H25N5OS/c1-16-10-6-7-13-18(16)24-21(29)19-23(14-8-3-9-15-23)27-28-20(25-26-22(28)30-19)17-11-4-2-5-12-17/h2,4-7,10-13,19,27H,3,8-9,14-15H2,1H3,(H,24,29)/t19-/m1/s1. The van der Waals surface area contributed by atoms with E-state index in [-0.39, 0.29) is 16.7 Å². The van der Waals surface area contributed by atoms with Gasteiger partial charge in [-0.05, 0) is 31.4 Å². The van der Waals surface area contributed by atoms with Crippen LogP contribution in [-0.2, 0) is 4.79 Å². The van der Waals surface area contributed by atoms with Crippen molar-refractivity contribution in [1.29, 1.82) is 0 Å². The monoisotopic (exact) mass is 419 g/mol. The van der Waals surface area contributed by atoms with Crippen molar-refractivity contribution in [3.63, 3.8) is 0 Å². The number of carbonyl (C=O) groups excluding carboxylic acids is 1. The second-order valence-corrected chi connectivity index (χ2v) is 9.21. The lowest BCUT2D eigenvalue weighted by atomic mass is 9.79. The van der Waals surface area contributed by atoms with Crippen molar-refractivity contribution in [2.24, 2.45) is 0 Å². The van der Waals surface area contributed by atoms with Crippen molar-refractivity contribution in [1.82, 2.24) is 14.9 Å². The van der Waals surface area contributed by atoms with E-state index in [2.05, 4.69) is 20.9 Å². The Kier molecular flexibility index (Phi) is 4.98. The number of nitrogens with zero attached hydrogens (tertiary/aromatic N) is 3. The second kappa shape index (κ2) is 7.80. The molecule has 1 aliphatic carbocycles. The van der Waals surface area contributed by atoms with Gasteiger partial charge in [-0.1, -0.05) is 79.6 Å². The molecular formula is C23H25N5OS. The lowest BCUT2D eigenvalue weighted by molar-refractivity contribution is -0.117. The zero-order valence-electron chi connectivity index (χ0n) is 17.0. The van der Waals surface area contributed by atoms with Crippen LogP contribution < -0.4 is 10.7 Å². The Bertz CT molecular complexity index is 1060. The molecule has 2 aromatic carbocycles. The topological polar surface area (TPSA) is 71.8 Å². The second-order valence-electron chi connectivity index (χ2n) is 8.14. The van der Waals surface area contributed by atoms with E-state index in [1.165, 1.54) is 18.2 Å². The highest BCUT2D eigenvalue weighted by atomic mass is 32.2. The van der Waals surface area contributed by atoms with E-state index in [1.54, 1.807) is 0 Å². The fourth-order valence-corrected chi connectivity index (χ4v) is 5.71. The zero-order chi connectivity index (χ0) is 20.6. The minimum atomic E-state index is -0.311. The Morgan fingerprint density at radius 3 is 2.57 bits per heavy atom. The number of rotatable bonds is 3. The smallest absolute Gasteiger partial charge is 0.240 e. The van der Waals surface area contributed by atoms with Crippen LogP contribution in [0.2, 0.25) is 0 Å². The summed E-state index contributed by atoms with van der Waals surface area (Å²) in [4.78, 5) is 13.5. The molecule has 1 atom stereocenters. The highest BCUT2D eigenvalue weighted by molar-refractivity contribution is 8.00. The number of aromatic nitrogens is 3. The third-order valence-electron chi connectivity index (χ3n) is 6.11. The summed E-state index contributed by atoms with van der Waals surface area (Å²) in [6.45, 7) is 2.01. The maximum atomic E-state index is 13.5. The summed E-state index contributed by atoms with van der Waals surface area (Å²) in [6, 6.07) is 18.0. The first-order valence-electron chi connectivity index (χ1n) is 10.5. The number of carbonyl (C=O) groups is 1. The van der Waals surface area contributed by atoms with E-state index in [1.807, 2.05) is 66.2 Å². The molecule has 6 nitrogen and oxygen atoms in total. The van der Waals surface area contributed by atoms with Gasteiger partial charge in [0.05, 0.1) is 5.54 Å². The molecule has 2 heterocycles. The first kappa shape index (κ1) is 19.2. The van der Waals surface area contributed by atoms with Gasteiger partial charge in [0.25, 0.3) is 0 Å². The average molecular weight is 420 g/mol. The van der Waals surface area contributed by atoms with Crippen LogP contribution in [0.4, 0.5) is 5.69 Å². The molecule has 0 unspecified atom stereocenters. The van der Waals surface area contributed by atoms with Gasteiger partial charge in [-0.2, -0.15) is 0 Å². The summed E-state index contributed by atoms with van der Waals surface area (Å²) >= 11 is 1.53. The van der Waals surface area contributed by atoms with Crippen molar-refractivity contribution in [2.45, 2.75) is 55.0 Å². The number of para-hydroxylation sites is 1. The molecule has 1 saturated carbocycles. The van der Waals surface area contributed by atoms with Gasteiger partial charge in [-0.25, -0.2) is 4.68 Å². The van der Waals surface area contributed by atoms with Gasteiger partial charge in [0.2, 0.25) is 11.1 Å². The van der Waals surface area contributed by atoms with E-state index in [4.69, 9.17) is 0 Å². The van der Waals surface area contributed by atoms with E-state index in [0.717, 1.165) is 53.5 Å². The van der Waals surface area contributed by atoms with Crippen molar-refractivity contribution in [3.8, 4) is 11.4 Å². The third-order valence-corrected chi connectivity index (χ3v) is 7.49. The lowest BCUT2D eigenvalue weighted by Crippen LogP contribution is -2.59. The summed E-state index contributed by atoms with van der Waals surface area (Å²) < 4.78 is 1.99. The van der Waals surface area contributed by atoms with Crippen LogP contribution in [0.25, 0.3) is 11.4 Å². The van der Waals surface area contributed by atoms with E-state index < -0.39 is 0 Å². The summed E-state index contributed by atoms with van der Waals surface area (Å²) in [5.74, 6) is 0.819. The number of nitrogens with one attached hydrogen (secondary N) is 2. The van der Waals surface area contributed by atoms with E-state index >= 15 is 0 Å². The molecule has 0 saturated heterocycles. The maximum absolute atomic E-state index is 13.5. The van der Waals surface area contributed by atoms with Crippen LogP contribution >= 0.6 is 11.8 Å². The van der Waals surface area contributed by atoms with E-state index in [0.29, 0.717) is 0 Å². The van der Waals surface area contributed by atoms with Gasteiger partial charge in [-0.15, -0.1) is 10.2 Å². The van der Waals surface area contributed by atoms with Crippen LogP contribution in [0.15, 0.2) is 59.8 Å². The van der Waals surface area contributed by atoms with Gasteiger partial charge in [0, 0.05) is 11.3 Å². The number of benzene rings is 2. The Balaban J connectivity index is 1.50. The van der Waals surface area contributed by atoms with Gasteiger partial charge in [0.1, 0.15) is 5.25 Å². The first-order chi connectivity index (χ1) is 14.7. The van der Waals surface area contributed by atoms with Gasteiger partial charge >= 0.3 is 0 Å². The van der Waals surface area contributed by atoms with Crippen LogP contribution in [0.1, 0.15) is 37.7 Å². The molecule has 30 heavy (non-hydrogen) atoms. The molecule has 7 heteroatoms. The molecule has 1 amide bonds. The molecule has 1 aromatic heterocycles. The molecule has 5 rings (SSSR count). The van der Waals surface area contributed by atoms with Gasteiger partial charge in [-0.3, -0.25) is 4.79 Å². The average Bonchev–Trinajstić information content (AvgIpc) is 3.18. The van der Waals surface area contributed by atoms with Gasteiger partial charge < -0.3 is 10.7 Å². The quantitative estimate of drug-likeness (QED) is 0.648. The number of anilines is 1. The largest absolute Gasteiger partial charge is 0.325 e. The first-order valence-corrected chi connectivity index (χ1v) is 11.4. The number of fused-ring (bicyclic) bond motifs is 1. The number of aryl methyl sites for hydroxylation is 1. The fourth-order valence-electron chi connectivity index (χ4n) is 4.49. The minimum Gasteiger partial charge on any atom is -0.325 e. The molecule has 1 aliphatic heterocycles. The molecule has 1 fully saturated rings. The Hall–Kier alpha value is -2.80. The maximum Gasteiger partial charge on any atom is 0.240 e. The predicted octanol–water partition coefficient (Wildman–Crippen LogP) is 4.61. The number of hydrogen-bond acceptors (Lipinski definition) is 5. The normalized spacial score (nSPS) is 19.7. The molecular weight excluding hydrogens is 394 g/mol. The molecule has 0 radical (unpaired) electrons. The molecule has 154 valence electrons. The summed E-state index contributed by atoms with van der Waals surface area (Å²) in [5.41, 5.74) is 6.33. The van der Waals surface area contributed by atoms with Crippen LogP contribution in [-0.4, -0.2) is 31.6 Å².